The van der Waals surface area contributed by atoms with Gasteiger partial charge in [0, 0.05) is 17.5 Å². The number of para-hydroxylation sites is 1. The Morgan fingerprint density at radius 3 is 2.85 bits per heavy atom. The molecular weight excluding hydrogens is 272 g/mol. The molecule has 3 nitrogen and oxygen atoms in total. The second-order valence-corrected chi connectivity index (χ2v) is 5.18. The lowest BCUT2D eigenvalue weighted by Gasteiger charge is -2.07. The van der Waals surface area contributed by atoms with Crippen molar-refractivity contribution in [1.29, 1.82) is 0 Å². The molecule has 0 unspecified atom stereocenters. The molecule has 0 saturated carbocycles. The van der Waals surface area contributed by atoms with Gasteiger partial charge in [-0.25, -0.2) is 4.98 Å². The van der Waals surface area contributed by atoms with E-state index in [1.165, 1.54) is 5.56 Å². The first-order chi connectivity index (χ1) is 9.65. The number of benzene rings is 1. The fourth-order valence-electron chi connectivity index (χ4n) is 2.29. The van der Waals surface area contributed by atoms with E-state index in [1.54, 1.807) is 6.20 Å². The predicted octanol–water partition coefficient (Wildman–Crippen LogP) is 4.71. The quantitative estimate of drug-likeness (QED) is 0.709. The molecule has 0 fully saturated rings. The van der Waals surface area contributed by atoms with E-state index < -0.39 is 0 Å². The van der Waals surface area contributed by atoms with Crippen molar-refractivity contribution in [3.63, 3.8) is 0 Å². The number of nitrogens with one attached hydrogen (secondary N) is 1. The van der Waals surface area contributed by atoms with Gasteiger partial charge < -0.3 is 9.73 Å². The summed E-state index contributed by atoms with van der Waals surface area (Å²) in [5.41, 5.74) is 4.02. The molecule has 102 valence electrons. The number of hydrogen-bond donors (Lipinski definition) is 1. The predicted molar refractivity (Wildman–Crippen MR) is 82.3 cm³/mol. The van der Waals surface area contributed by atoms with Gasteiger partial charge in [0.05, 0.1) is 11.9 Å². The summed E-state index contributed by atoms with van der Waals surface area (Å²) >= 11 is 5.93. The van der Waals surface area contributed by atoms with Crippen LogP contribution in [0, 0.1) is 13.8 Å². The van der Waals surface area contributed by atoms with Gasteiger partial charge >= 0.3 is 0 Å². The number of furan rings is 1. The molecule has 20 heavy (non-hydrogen) atoms. The highest BCUT2D eigenvalue weighted by atomic mass is 35.5. The van der Waals surface area contributed by atoms with Crippen molar-refractivity contribution in [2.24, 2.45) is 0 Å². The first kappa shape index (κ1) is 13.0. The Balaban J connectivity index is 1.86. The lowest BCUT2D eigenvalue weighted by molar-refractivity contribution is 0.573. The molecule has 0 atom stereocenters. The van der Waals surface area contributed by atoms with Crippen LogP contribution in [0.3, 0.4) is 0 Å². The first-order valence-electron chi connectivity index (χ1n) is 6.48. The number of halogens is 1. The Morgan fingerprint density at radius 2 is 2.05 bits per heavy atom. The highest BCUT2D eigenvalue weighted by Gasteiger charge is 2.10. The molecule has 0 aliphatic heterocycles. The van der Waals surface area contributed by atoms with Gasteiger partial charge in [-0.3, -0.25) is 0 Å². The largest absolute Gasteiger partial charge is 0.461 e. The number of anilines is 1. The van der Waals surface area contributed by atoms with Crippen molar-refractivity contribution in [1.82, 2.24) is 4.98 Å². The van der Waals surface area contributed by atoms with E-state index in [0.717, 1.165) is 28.0 Å². The highest BCUT2D eigenvalue weighted by Crippen LogP contribution is 2.26. The van der Waals surface area contributed by atoms with E-state index in [1.807, 2.05) is 38.1 Å². The van der Waals surface area contributed by atoms with Gasteiger partial charge in [0.2, 0.25) is 0 Å². The minimum atomic E-state index is 0.542. The first-order valence-corrected chi connectivity index (χ1v) is 6.86. The van der Waals surface area contributed by atoms with E-state index in [2.05, 4.69) is 16.4 Å². The third-order valence-electron chi connectivity index (χ3n) is 3.38. The van der Waals surface area contributed by atoms with Crippen molar-refractivity contribution in [3.8, 4) is 0 Å². The van der Waals surface area contributed by atoms with Crippen LogP contribution in [-0.2, 0) is 6.54 Å². The third-order valence-corrected chi connectivity index (χ3v) is 3.78. The van der Waals surface area contributed by atoms with Crippen LogP contribution in [0.4, 0.5) is 5.69 Å². The van der Waals surface area contributed by atoms with E-state index in [0.29, 0.717) is 11.7 Å². The standard InChI is InChI=1S/C16H15ClN2O/c1-10-7-12(8-19-16(10)17)18-9-14-11(2)20-15-6-4-3-5-13(14)15/h3-8,18H,9H2,1-2H3. The molecule has 2 heterocycles. The summed E-state index contributed by atoms with van der Waals surface area (Å²) in [4.78, 5) is 4.14. The summed E-state index contributed by atoms with van der Waals surface area (Å²) in [6.45, 7) is 4.63. The number of fused-ring (bicyclic) bond motifs is 1. The van der Waals surface area contributed by atoms with Gasteiger partial charge in [-0.05, 0) is 31.5 Å². The second kappa shape index (κ2) is 5.17. The summed E-state index contributed by atoms with van der Waals surface area (Å²) < 4.78 is 5.75. The normalized spacial score (nSPS) is 10.9. The summed E-state index contributed by atoms with van der Waals surface area (Å²) in [7, 11) is 0. The van der Waals surface area contributed by atoms with Crippen LogP contribution < -0.4 is 5.32 Å². The molecule has 0 aliphatic carbocycles. The van der Waals surface area contributed by atoms with E-state index in [9.17, 15) is 0 Å². The van der Waals surface area contributed by atoms with Crippen LogP contribution >= 0.6 is 11.6 Å². The van der Waals surface area contributed by atoms with E-state index in [4.69, 9.17) is 16.0 Å². The van der Waals surface area contributed by atoms with Crippen LogP contribution in [0.1, 0.15) is 16.9 Å². The maximum atomic E-state index is 5.93. The minimum Gasteiger partial charge on any atom is -0.461 e. The van der Waals surface area contributed by atoms with Crippen molar-refractivity contribution >= 4 is 28.3 Å². The van der Waals surface area contributed by atoms with Crippen molar-refractivity contribution in [2.75, 3.05) is 5.32 Å². The fourth-order valence-corrected chi connectivity index (χ4v) is 2.39. The van der Waals surface area contributed by atoms with Crippen LogP contribution in [0.2, 0.25) is 5.15 Å². The number of nitrogens with zero attached hydrogens (tertiary/aromatic N) is 1. The Bertz CT molecular complexity index is 764. The Hall–Kier alpha value is -2.00. The monoisotopic (exact) mass is 286 g/mol. The molecule has 0 aliphatic rings. The lowest BCUT2D eigenvalue weighted by atomic mass is 10.1. The lowest BCUT2D eigenvalue weighted by Crippen LogP contribution is -2.01. The maximum absolute atomic E-state index is 5.93. The molecule has 0 bridgehead atoms. The number of pyridine rings is 1. The summed E-state index contributed by atoms with van der Waals surface area (Å²) in [6.07, 6.45) is 1.74. The molecule has 0 spiro atoms. The zero-order valence-corrected chi connectivity index (χ0v) is 12.2. The number of aromatic nitrogens is 1. The molecule has 3 aromatic rings. The summed E-state index contributed by atoms with van der Waals surface area (Å²) in [5, 5.41) is 5.06. The van der Waals surface area contributed by atoms with Crippen LogP contribution in [0.5, 0.6) is 0 Å². The van der Waals surface area contributed by atoms with Crippen molar-refractivity contribution in [2.45, 2.75) is 20.4 Å². The van der Waals surface area contributed by atoms with Gasteiger partial charge in [-0.2, -0.15) is 0 Å². The highest BCUT2D eigenvalue weighted by molar-refractivity contribution is 6.30. The Labute approximate surface area is 122 Å². The Kier molecular flexibility index (Phi) is 3.36. The molecular formula is C16H15ClN2O. The van der Waals surface area contributed by atoms with E-state index >= 15 is 0 Å². The van der Waals surface area contributed by atoms with Gasteiger partial charge in [0.1, 0.15) is 16.5 Å². The smallest absolute Gasteiger partial charge is 0.134 e. The third kappa shape index (κ3) is 2.37. The molecule has 0 saturated heterocycles. The van der Waals surface area contributed by atoms with Crippen LogP contribution in [-0.4, -0.2) is 4.98 Å². The maximum Gasteiger partial charge on any atom is 0.134 e. The van der Waals surface area contributed by atoms with Gasteiger partial charge in [0.15, 0.2) is 0 Å². The van der Waals surface area contributed by atoms with Crippen LogP contribution in [0.25, 0.3) is 11.0 Å². The minimum absolute atomic E-state index is 0.542. The topological polar surface area (TPSA) is 38.1 Å². The summed E-state index contributed by atoms with van der Waals surface area (Å²) in [6, 6.07) is 10.1. The molecule has 4 heteroatoms. The zero-order valence-electron chi connectivity index (χ0n) is 11.4. The SMILES string of the molecule is Cc1cc(NCc2c(C)oc3ccccc23)cnc1Cl. The zero-order chi connectivity index (χ0) is 14.1. The van der Waals surface area contributed by atoms with Crippen molar-refractivity contribution < 1.29 is 4.42 Å². The number of rotatable bonds is 3. The molecule has 3 rings (SSSR count). The van der Waals surface area contributed by atoms with Gasteiger partial charge in [0.25, 0.3) is 0 Å². The van der Waals surface area contributed by atoms with E-state index in [-0.39, 0.29) is 0 Å². The fraction of sp³-hybridized carbons (Fsp3) is 0.188. The Morgan fingerprint density at radius 1 is 1.25 bits per heavy atom. The molecule has 2 aromatic heterocycles. The van der Waals surface area contributed by atoms with Crippen molar-refractivity contribution in [3.05, 3.63) is 58.6 Å². The second-order valence-electron chi connectivity index (χ2n) is 4.82. The molecule has 0 amide bonds. The summed E-state index contributed by atoms with van der Waals surface area (Å²) in [5.74, 6) is 0.942. The number of hydrogen-bond acceptors (Lipinski definition) is 3. The molecule has 1 aromatic carbocycles. The number of aryl methyl sites for hydroxylation is 2. The van der Waals surface area contributed by atoms with Gasteiger partial charge in [-0.1, -0.05) is 29.8 Å². The average molecular weight is 287 g/mol. The average Bonchev–Trinajstić information content (AvgIpc) is 2.76. The molecule has 0 radical (unpaired) electrons. The van der Waals surface area contributed by atoms with Gasteiger partial charge in [-0.15, -0.1) is 0 Å². The van der Waals surface area contributed by atoms with Crippen LogP contribution in [0.15, 0.2) is 40.9 Å². The molecule has 1 N–H and O–H groups in total.